The number of rotatable bonds is 11. The van der Waals surface area contributed by atoms with Crippen LogP contribution in [-0.2, 0) is 32.5 Å². The van der Waals surface area contributed by atoms with E-state index in [-0.39, 0.29) is 71.6 Å². The minimum absolute atomic E-state index is 0.0407. The standard InChI is InChI=1S/C45H82O8Si2/c1-16-17-18-19-22-37-44(10,53-55(14,15)42(6,7)8)26-24-34-33(47-37)23-25-43(9)39(48-34)29-35-40(51-43)36(52-54(12,13)41(3,4)5)30-45(11)38(49-35)28-31(2)32(50-45)21-20-27-46/h16-18,31-40,46H,1,19-30H2,2-15H3/b18-17-/t31-,32-,33-,34+,35+,36-,37+,38-,39-,40+,43+,44-,45+/m0/s1. The molecule has 5 aliphatic heterocycles. The van der Waals surface area contributed by atoms with E-state index in [2.05, 4.69) is 108 Å². The largest absolute Gasteiger partial charge is 0.411 e. The topological polar surface area (TPSA) is 84.8 Å². The molecule has 0 aromatic rings. The highest BCUT2D eigenvalue weighted by atomic mass is 28.4. The van der Waals surface area contributed by atoms with Crippen LogP contribution < -0.4 is 0 Å². The molecule has 0 spiro atoms. The smallest absolute Gasteiger partial charge is 0.192 e. The van der Waals surface area contributed by atoms with E-state index in [1.54, 1.807) is 0 Å². The Bertz CT molecular complexity index is 1320. The number of hydrogen-bond acceptors (Lipinski definition) is 8. The van der Waals surface area contributed by atoms with Crippen molar-refractivity contribution in [2.45, 2.75) is 248 Å². The Morgan fingerprint density at radius 3 is 2.05 bits per heavy atom. The molecule has 0 radical (unpaired) electrons. The summed E-state index contributed by atoms with van der Waals surface area (Å²) < 4.78 is 51.1. The van der Waals surface area contributed by atoms with Crippen molar-refractivity contribution in [2.24, 2.45) is 5.92 Å². The predicted octanol–water partition coefficient (Wildman–Crippen LogP) is 10.4. The van der Waals surface area contributed by atoms with Crippen molar-refractivity contribution in [3.05, 3.63) is 24.8 Å². The maximum absolute atomic E-state index is 9.67. The lowest BCUT2D eigenvalue weighted by atomic mass is 9.79. The molecule has 318 valence electrons. The fourth-order valence-corrected chi connectivity index (χ4v) is 12.6. The fourth-order valence-electron chi connectivity index (χ4n) is 9.54. The van der Waals surface area contributed by atoms with Gasteiger partial charge in [0.2, 0.25) is 0 Å². The van der Waals surface area contributed by atoms with Crippen molar-refractivity contribution in [3.63, 3.8) is 0 Å². The van der Waals surface area contributed by atoms with Crippen LogP contribution in [0.1, 0.15) is 140 Å². The van der Waals surface area contributed by atoms with E-state index in [1.165, 1.54) is 0 Å². The molecule has 55 heavy (non-hydrogen) atoms. The highest BCUT2D eigenvalue weighted by molar-refractivity contribution is 6.74. The van der Waals surface area contributed by atoms with Crippen molar-refractivity contribution >= 4 is 16.6 Å². The van der Waals surface area contributed by atoms with Crippen LogP contribution in [0.2, 0.25) is 36.3 Å². The van der Waals surface area contributed by atoms with Crippen LogP contribution in [0.15, 0.2) is 24.8 Å². The van der Waals surface area contributed by atoms with Crippen molar-refractivity contribution in [1.29, 1.82) is 0 Å². The Hall–Kier alpha value is -0.406. The van der Waals surface area contributed by atoms with Crippen LogP contribution in [0.5, 0.6) is 0 Å². The van der Waals surface area contributed by atoms with Gasteiger partial charge < -0.3 is 37.6 Å². The van der Waals surface area contributed by atoms with Crippen LogP contribution >= 0.6 is 0 Å². The van der Waals surface area contributed by atoms with E-state index >= 15 is 0 Å². The molecular weight excluding hydrogens is 725 g/mol. The second kappa shape index (κ2) is 16.9. The third-order valence-electron chi connectivity index (χ3n) is 15.2. The molecule has 5 saturated heterocycles. The van der Waals surface area contributed by atoms with Gasteiger partial charge in [0.1, 0.15) is 6.10 Å². The molecule has 5 heterocycles. The zero-order chi connectivity index (χ0) is 40.8. The van der Waals surface area contributed by atoms with Gasteiger partial charge in [-0.05, 0) is 121 Å². The van der Waals surface area contributed by atoms with E-state index in [4.69, 9.17) is 32.5 Å². The quantitative estimate of drug-likeness (QED) is 0.163. The van der Waals surface area contributed by atoms with Gasteiger partial charge in [0.15, 0.2) is 16.6 Å². The Morgan fingerprint density at radius 1 is 0.800 bits per heavy atom. The second-order valence-electron chi connectivity index (χ2n) is 21.8. The molecule has 0 aliphatic carbocycles. The third kappa shape index (κ3) is 9.97. The van der Waals surface area contributed by atoms with Gasteiger partial charge in [-0.15, -0.1) is 0 Å². The molecule has 0 saturated carbocycles. The van der Waals surface area contributed by atoms with Crippen molar-refractivity contribution in [2.75, 3.05) is 6.61 Å². The monoisotopic (exact) mass is 807 g/mol. The van der Waals surface area contributed by atoms with Gasteiger partial charge in [-0.1, -0.05) is 73.3 Å². The molecule has 13 atom stereocenters. The Kier molecular flexibility index (Phi) is 14.1. The van der Waals surface area contributed by atoms with Gasteiger partial charge in [0, 0.05) is 19.4 Å². The minimum atomic E-state index is -2.20. The SMILES string of the molecule is C=C/C=C\CC[C@H]1O[C@H]2CC[C@@]3(C)O[C@H]4[C@@H](O[Si](C)(C)C(C)(C)C)C[C@@]5(C)O[C@@H](CCCO)[C@@H](C)C[C@@H]5O[C@@H]4C[C@@H]3O[C@@H]2CC[C@]1(C)O[Si](C)(C)C(C)(C)C. The summed E-state index contributed by atoms with van der Waals surface area (Å²) in [7, 11) is -4.30. The lowest BCUT2D eigenvalue weighted by Gasteiger charge is -2.50. The molecule has 5 rings (SSSR count). The van der Waals surface area contributed by atoms with Gasteiger partial charge in [0.25, 0.3) is 0 Å². The molecule has 0 aromatic carbocycles. The first-order chi connectivity index (χ1) is 25.4. The Balaban J connectivity index is 1.44. The molecule has 0 aromatic heterocycles. The molecule has 1 N–H and O–H groups in total. The number of aliphatic hydroxyl groups excluding tert-OH is 1. The number of allylic oxidation sites excluding steroid dienone is 3. The summed E-state index contributed by atoms with van der Waals surface area (Å²) in [6.45, 7) is 36.5. The third-order valence-corrected chi connectivity index (χ3v) is 24.3. The van der Waals surface area contributed by atoms with E-state index in [0.29, 0.717) is 5.92 Å². The zero-order valence-electron chi connectivity index (χ0n) is 37.5. The van der Waals surface area contributed by atoms with Crippen molar-refractivity contribution < 1.29 is 37.6 Å². The molecule has 5 fully saturated rings. The summed E-state index contributed by atoms with van der Waals surface area (Å²) in [4.78, 5) is 0. The predicted molar refractivity (Wildman–Crippen MR) is 228 cm³/mol. The first-order valence-electron chi connectivity index (χ1n) is 22.0. The number of hydrogen-bond donors (Lipinski definition) is 1. The average Bonchev–Trinajstić information content (AvgIpc) is 3.32. The highest BCUT2D eigenvalue weighted by Gasteiger charge is 2.60. The maximum Gasteiger partial charge on any atom is 0.192 e. The fraction of sp³-hybridized carbons (Fsp3) is 0.911. The zero-order valence-corrected chi connectivity index (χ0v) is 39.5. The lowest BCUT2D eigenvalue weighted by molar-refractivity contribution is -0.272. The molecular formula is C45H82O8Si2. The number of fused-ring (bicyclic) bond motifs is 4. The lowest BCUT2D eigenvalue weighted by Crippen LogP contribution is -2.60. The molecule has 0 bridgehead atoms. The van der Waals surface area contributed by atoms with Gasteiger partial charge in [-0.2, -0.15) is 0 Å². The van der Waals surface area contributed by atoms with E-state index in [0.717, 1.165) is 70.6 Å². The summed E-state index contributed by atoms with van der Waals surface area (Å²) in [5.74, 6) is 0.330. The van der Waals surface area contributed by atoms with Crippen LogP contribution in [0.25, 0.3) is 0 Å². The van der Waals surface area contributed by atoms with E-state index in [9.17, 15) is 5.11 Å². The minimum Gasteiger partial charge on any atom is -0.411 e. The van der Waals surface area contributed by atoms with Crippen LogP contribution in [0, 0.1) is 5.92 Å². The molecule has 10 heteroatoms. The number of ether oxygens (including phenoxy) is 5. The van der Waals surface area contributed by atoms with E-state index < -0.39 is 33.4 Å². The van der Waals surface area contributed by atoms with Crippen LogP contribution in [-0.4, -0.2) is 100 Å². The van der Waals surface area contributed by atoms with Gasteiger partial charge >= 0.3 is 0 Å². The summed E-state index contributed by atoms with van der Waals surface area (Å²) in [5.41, 5.74) is -1.44. The normalized spacial score (nSPS) is 41.9. The Morgan fingerprint density at radius 2 is 1.42 bits per heavy atom. The molecule has 0 amide bonds. The second-order valence-corrected chi connectivity index (χ2v) is 31.3. The summed E-state index contributed by atoms with van der Waals surface area (Å²) in [6.07, 6.45) is 14.5. The first kappa shape index (κ1) is 45.7. The highest BCUT2D eigenvalue weighted by Crippen LogP contribution is 2.52. The van der Waals surface area contributed by atoms with Crippen molar-refractivity contribution in [1.82, 2.24) is 0 Å². The summed E-state index contributed by atoms with van der Waals surface area (Å²) in [6, 6.07) is 0. The van der Waals surface area contributed by atoms with Gasteiger partial charge in [0.05, 0.1) is 65.6 Å². The summed E-state index contributed by atoms with van der Waals surface area (Å²) in [5, 5.41) is 9.80. The summed E-state index contributed by atoms with van der Waals surface area (Å²) >= 11 is 0. The first-order valence-corrected chi connectivity index (χ1v) is 27.8. The average molecular weight is 807 g/mol. The van der Waals surface area contributed by atoms with Crippen LogP contribution in [0.3, 0.4) is 0 Å². The van der Waals surface area contributed by atoms with E-state index in [1.807, 2.05) is 12.2 Å². The molecule has 0 unspecified atom stereocenters. The van der Waals surface area contributed by atoms with Crippen LogP contribution in [0.4, 0.5) is 0 Å². The van der Waals surface area contributed by atoms with Gasteiger partial charge in [-0.25, -0.2) is 0 Å². The van der Waals surface area contributed by atoms with Gasteiger partial charge in [-0.3, -0.25) is 0 Å². The van der Waals surface area contributed by atoms with Crippen molar-refractivity contribution in [3.8, 4) is 0 Å². The number of aliphatic hydroxyl groups is 1. The molecule has 5 aliphatic rings. The maximum atomic E-state index is 9.67. The molecule has 8 nitrogen and oxygen atoms in total. The Labute approximate surface area is 338 Å².